The number of benzene rings is 1. The van der Waals surface area contributed by atoms with E-state index >= 15 is 0 Å². The molecule has 0 heterocycles. The maximum Gasteiger partial charge on any atom is 0.0986 e. The number of nitrogens with one attached hydrogen (secondary N) is 1. The first-order valence-electron chi connectivity index (χ1n) is 4.65. The molecule has 0 bridgehead atoms. The van der Waals surface area contributed by atoms with E-state index < -0.39 is 0 Å². The first-order chi connectivity index (χ1) is 7.24. The highest BCUT2D eigenvalue weighted by molar-refractivity contribution is 6.31. The normalized spacial score (nSPS) is 12.1. The van der Waals surface area contributed by atoms with E-state index in [1.165, 1.54) is 0 Å². The lowest BCUT2D eigenvalue weighted by Crippen LogP contribution is -2.18. The van der Waals surface area contributed by atoms with Crippen molar-refractivity contribution in [2.75, 3.05) is 7.05 Å². The minimum Gasteiger partial charge on any atom is -0.336 e. The van der Waals surface area contributed by atoms with Gasteiger partial charge in [0, 0.05) is 12.1 Å². The second kappa shape index (κ2) is 6.19. The van der Waals surface area contributed by atoms with Crippen LogP contribution in [0, 0.1) is 0 Å². The molecule has 4 heteroatoms. The summed E-state index contributed by atoms with van der Waals surface area (Å²) in [6.45, 7) is 2.47. The standard InChI is InChI=1S/C11H14ClN3/c1-9(15-8-13-2)14-7-10-5-3-4-6-11(10)12/h3-6,8H,7H2,1-2H3,(H,13,14,15). The molecule has 0 fully saturated rings. The van der Waals surface area contributed by atoms with Crippen molar-refractivity contribution in [3.63, 3.8) is 0 Å². The van der Waals surface area contributed by atoms with Crippen molar-refractivity contribution in [1.82, 2.24) is 5.32 Å². The van der Waals surface area contributed by atoms with Gasteiger partial charge in [-0.05, 0) is 18.6 Å². The van der Waals surface area contributed by atoms with Gasteiger partial charge in [-0.15, -0.1) is 0 Å². The van der Waals surface area contributed by atoms with Crippen molar-refractivity contribution in [2.45, 2.75) is 13.5 Å². The molecule has 0 aliphatic carbocycles. The summed E-state index contributed by atoms with van der Waals surface area (Å²) in [5.41, 5.74) is 1.02. The molecule has 1 N–H and O–H groups in total. The Balaban J connectivity index is 2.59. The van der Waals surface area contributed by atoms with Gasteiger partial charge in [-0.2, -0.15) is 0 Å². The lowest BCUT2D eigenvalue weighted by molar-refractivity contribution is 1.05. The molecular formula is C11H14ClN3. The van der Waals surface area contributed by atoms with Gasteiger partial charge >= 0.3 is 0 Å². The first-order valence-corrected chi connectivity index (χ1v) is 5.03. The van der Waals surface area contributed by atoms with E-state index in [9.17, 15) is 0 Å². The molecule has 0 saturated carbocycles. The first kappa shape index (κ1) is 11.7. The second-order valence-corrected chi connectivity index (χ2v) is 3.43. The van der Waals surface area contributed by atoms with Crippen molar-refractivity contribution in [2.24, 2.45) is 9.98 Å². The minimum absolute atomic E-state index is 0.579. The minimum atomic E-state index is 0.579. The lowest BCUT2D eigenvalue weighted by atomic mass is 10.2. The van der Waals surface area contributed by atoms with Crippen LogP contribution in [0.4, 0.5) is 0 Å². The van der Waals surface area contributed by atoms with Gasteiger partial charge in [0.05, 0.1) is 18.7 Å². The van der Waals surface area contributed by atoms with Crippen molar-refractivity contribution >= 4 is 23.8 Å². The largest absolute Gasteiger partial charge is 0.336 e. The van der Waals surface area contributed by atoms with E-state index in [0.29, 0.717) is 6.54 Å². The third-order valence-corrected chi connectivity index (χ3v) is 2.22. The predicted octanol–water partition coefficient (Wildman–Crippen LogP) is 2.51. The van der Waals surface area contributed by atoms with Crippen LogP contribution in [0.25, 0.3) is 0 Å². The molecule has 15 heavy (non-hydrogen) atoms. The number of hydrogen-bond acceptors (Lipinski definition) is 2. The Bertz CT molecular complexity index is 372. The third kappa shape index (κ3) is 4.13. The van der Waals surface area contributed by atoms with Gasteiger partial charge < -0.3 is 5.32 Å². The van der Waals surface area contributed by atoms with Gasteiger partial charge in [-0.25, -0.2) is 0 Å². The smallest absolute Gasteiger partial charge is 0.0986 e. The molecule has 0 atom stereocenters. The van der Waals surface area contributed by atoms with Crippen LogP contribution in [-0.4, -0.2) is 19.2 Å². The molecular weight excluding hydrogens is 210 g/mol. The number of rotatable bonds is 3. The zero-order chi connectivity index (χ0) is 11.1. The van der Waals surface area contributed by atoms with Crippen LogP contribution in [0.1, 0.15) is 12.5 Å². The van der Waals surface area contributed by atoms with Gasteiger partial charge in [0.25, 0.3) is 0 Å². The van der Waals surface area contributed by atoms with Crippen molar-refractivity contribution in [1.29, 1.82) is 0 Å². The maximum atomic E-state index is 6.00. The number of aliphatic imine (C=N–C) groups is 2. The summed E-state index contributed by atoms with van der Waals surface area (Å²) >= 11 is 6.00. The molecule has 0 spiro atoms. The summed E-state index contributed by atoms with van der Waals surface area (Å²) in [4.78, 5) is 8.13. The average Bonchev–Trinajstić information content (AvgIpc) is 2.25. The van der Waals surface area contributed by atoms with Gasteiger partial charge in [-0.3, -0.25) is 9.98 Å². The fraction of sp³-hybridized carbons (Fsp3) is 0.273. The molecule has 80 valence electrons. The van der Waals surface area contributed by atoms with Gasteiger partial charge in [0.15, 0.2) is 0 Å². The molecule has 1 rings (SSSR count). The molecule has 0 unspecified atom stereocenters. The molecule has 0 saturated heterocycles. The third-order valence-electron chi connectivity index (χ3n) is 1.85. The molecule has 1 aromatic carbocycles. The Morgan fingerprint density at radius 2 is 2.20 bits per heavy atom. The number of halogens is 1. The SMILES string of the molecule is CN=CNC(C)=NCc1ccccc1Cl. The molecule has 1 aromatic rings. The fourth-order valence-electron chi connectivity index (χ4n) is 1.03. The van der Waals surface area contributed by atoms with E-state index in [1.807, 2.05) is 31.2 Å². The molecule has 0 radical (unpaired) electrons. The summed E-state index contributed by atoms with van der Waals surface area (Å²) in [5.74, 6) is 0.820. The van der Waals surface area contributed by atoms with Gasteiger partial charge in [-0.1, -0.05) is 29.8 Å². The second-order valence-electron chi connectivity index (χ2n) is 3.02. The van der Waals surface area contributed by atoms with Crippen LogP contribution in [0.3, 0.4) is 0 Å². The fourth-order valence-corrected chi connectivity index (χ4v) is 1.23. The monoisotopic (exact) mass is 223 g/mol. The van der Waals surface area contributed by atoms with Crippen LogP contribution in [-0.2, 0) is 6.54 Å². The van der Waals surface area contributed by atoms with E-state index in [-0.39, 0.29) is 0 Å². The van der Waals surface area contributed by atoms with Crippen LogP contribution in [0.2, 0.25) is 5.02 Å². The number of amidine groups is 1. The molecule has 0 aliphatic rings. The summed E-state index contributed by atoms with van der Waals surface area (Å²) in [5, 5.41) is 3.69. The molecule has 0 aliphatic heterocycles. The van der Waals surface area contributed by atoms with E-state index in [4.69, 9.17) is 11.6 Å². The highest BCUT2D eigenvalue weighted by atomic mass is 35.5. The van der Waals surface area contributed by atoms with Gasteiger partial charge in [0.2, 0.25) is 0 Å². The Morgan fingerprint density at radius 1 is 1.47 bits per heavy atom. The van der Waals surface area contributed by atoms with E-state index in [2.05, 4.69) is 15.3 Å². The molecule has 3 nitrogen and oxygen atoms in total. The quantitative estimate of drug-likeness (QED) is 0.621. The van der Waals surface area contributed by atoms with Crippen molar-refractivity contribution in [3.8, 4) is 0 Å². The Morgan fingerprint density at radius 3 is 2.87 bits per heavy atom. The molecule has 0 aromatic heterocycles. The number of nitrogens with zero attached hydrogens (tertiary/aromatic N) is 2. The summed E-state index contributed by atoms with van der Waals surface area (Å²) < 4.78 is 0. The Labute approximate surface area is 94.9 Å². The van der Waals surface area contributed by atoms with Crippen molar-refractivity contribution < 1.29 is 0 Å². The summed E-state index contributed by atoms with van der Waals surface area (Å²) in [6.07, 6.45) is 1.60. The van der Waals surface area contributed by atoms with Crippen LogP contribution in [0.5, 0.6) is 0 Å². The highest BCUT2D eigenvalue weighted by Gasteiger charge is 1.96. The van der Waals surface area contributed by atoms with Crippen LogP contribution in [0.15, 0.2) is 34.3 Å². The average molecular weight is 224 g/mol. The maximum absolute atomic E-state index is 6.00. The topological polar surface area (TPSA) is 36.8 Å². The van der Waals surface area contributed by atoms with Crippen LogP contribution >= 0.6 is 11.6 Å². The molecule has 0 amide bonds. The number of hydrogen-bond donors (Lipinski definition) is 1. The zero-order valence-corrected chi connectivity index (χ0v) is 9.62. The summed E-state index contributed by atoms with van der Waals surface area (Å²) in [7, 11) is 1.70. The summed E-state index contributed by atoms with van der Waals surface area (Å²) in [6, 6.07) is 7.69. The Kier molecular flexibility index (Phi) is 4.84. The van der Waals surface area contributed by atoms with Crippen molar-refractivity contribution in [3.05, 3.63) is 34.9 Å². The van der Waals surface area contributed by atoms with E-state index in [1.54, 1.807) is 13.4 Å². The van der Waals surface area contributed by atoms with Gasteiger partial charge in [0.1, 0.15) is 0 Å². The predicted molar refractivity (Wildman–Crippen MR) is 65.8 cm³/mol. The Hall–Kier alpha value is -1.35. The van der Waals surface area contributed by atoms with E-state index in [0.717, 1.165) is 16.4 Å². The lowest BCUT2D eigenvalue weighted by Gasteiger charge is -2.01. The van der Waals surface area contributed by atoms with Crippen LogP contribution < -0.4 is 5.32 Å². The highest BCUT2D eigenvalue weighted by Crippen LogP contribution is 2.15. The zero-order valence-electron chi connectivity index (χ0n) is 8.87.